The molecule has 1 rings (SSSR count). The molecule has 1 unspecified atom stereocenters. The maximum atomic E-state index is 12.2. The summed E-state index contributed by atoms with van der Waals surface area (Å²) in [5.41, 5.74) is 6.24. The number of nitrogens with two attached hydrogens (primary N) is 1. The molecule has 0 aromatic heterocycles. The van der Waals surface area contributed by atoms with Crippen LogP contribution >= 0.6 is 0 Å². The van der Waals surface area contributed by atoms with Crippen LogP contribution in [0, 0.1) is 0 Å². The topological polar surface area (TPSA) is 64.8 Å². The summed E-state index contributed by atoms with van der Waals surface area (Å²) in [6.07, 6.45) is -0.389. The van der Waals surface area contributed by atoms with Crippen LogP contribution in [0.25, 0.3) is 0 Å². The second-order valence-electron chi connectivity index (χ2n) is 5.85. The fourth-order valence-corrected chi connectivity index (χ4v) is 1.96. The maximum Gasteiger partial charge on any atom is 0.410 e. The SMILES string of the molecule is CCOc1cccc(C(CN)N(C)C(=O)OC(C)(C)C)c1. The zero-order valence-electron chi connectivity index (χ0n) is 13.6. The molecule has 0 aliphatic heterocycles. The van der Waals surface area contributed by atoms with Gasteiger partial charge in [-0.15, -0.1) is 0 Å². The predicted octanol–water partition coefficient (Wildman–Crippen LogP) is 2.95. The van der Waals surface area contributed by atoms with E-state index in [9.17, 15) is 4.79 Å². The highest BCUT2D eigenvalue weighted by atomic mass is 16.6. The van der Waals surface area contributed by atoms with Crippen LogP contribution in [-0.4, -0.2) is 36.8 Å². The van der Waals surface area contributed by atoms with Gasteiger partial charge in [-0.2, -0.15) is 0 Å². The quantitative estimate of drug-likeness (QED) is 0.906. The molecule has 1 atom stereocenters. The Labute approximate surface area is 127 Å². The molecule has 0 aliphatic rings. The van der Waals surface area contributed by atoms with Crippen LogP contribution in [0.5, 0.6) is 5.75 Å². The number of likely N-dealkylation sites (N-methyl/N-ethyl adjacent to an activating group) is 1. The summed E-state index contributed by atoms with van der Waals surface area (Å²) in [5.74, 6) is 0.769. The normalized spacial score (nSPS) is 12.7. The zero-order chi connectivity index (χ0) is 16.0. The highest BCUT2D eigenvalue weighted by molar-refractivity contribution is 5.68. The Morgan fingerprint density at radius 2 is 2.05 bits per heavy atom. The van der Waals surface area contributed by atoms with E-state index in [0.29, 0.717) is 13.2 Å². The van der Waals surface area contributed by atoms with Gasteiger partial charge in [-0.1, -0.05) is 12.1 Å². The minimum absolute atomic E-state index is 0.250. The average Bonchev–Trinajstić information content (AvgIpc) is 2.38. The molecular weight excluding hydrogens is 268 g/mol. The second kappa shape index (κ2) is 7.31. The van der Waals surface area contributed by atoms with E-state index in [-0.39, 0.29) is 12.1 Å². The molecular formula is C16H26N2O3. The van der Waals surface area contributed by atoms with Crippen molar-refractivity contribution in [3.05, 3.63) is 29.8 Å². The van der Waals surface area contributed by atoms with E-state index in [1.54, 1.807) is 7.05 Å². The van der Waals surface area contributed by atoms with Crippen LogP contribution in [0.15, 0.2) is 24.3 Å². The fraction of sp³-hybridized carbons (Fsp3) is 0.562. The van der Waals surface area contributed by atoms with E-state index >= 15 is 0 Å². The van der Waals surface area contributed by atoms with Crippen LogP contribution in [0.2, 0.25) is 0 Å². The first-order valence-corrected chi connectivity index (χ1v) is 7.17. The van der Waals surface area contributed by atoms with Crippen molar-refractivity contribution in [1.82, 2.24) is 4.90 Å². The molecule has 5 heteroatoms. The van der Waals surface area contributed by atoms with Gasteiger partial charge in [0.05, 0.1) is 12.6 Å². The molecule has 2 N–H and O–H groups in total. The second-order valence-corrected chi connectivity index (χ2v) is 5.85. The van der Waals surface area contributed by atoms with Crippen LogP contribution < -0.4 is 10.5 Å². The summed E-state index contributed by atoms with van der Waals surface area (Å²) in [6, 6.07) is 7.36. The molecule has 0 radical (unpaired) electrons. The van der Waals surface area contributed by atoms with Crippen LogP contribution in [0.4, 0.5) is 4.79 Å². The van der Waals surface area contributed by atoms with Crippen molar-refractivity contribution < 1.29 is 14.3 Å². The van der Waals surface area contributed by atoms with Gasteiger partial charge in [0.25, 0.3) is 0 Å². The van der Waals surface area contributed by atoms with E-state index in [2.05, 4.69) is 0 Å². The predicted molar refractivity (Wildman–Crippen MR) is 83.4 cm³/mol. The number of hydrogen-bond acceptors (Lipinski definition) is 4. The lowest BCUT2D eigenvalue weighted by atomic mass is 10.1. The lowest BCUT2D eigenvalue weighted by Crippen LogP contribution is -2.39. The summed E-state index contributed by atoms with van der Waals surface area (Å²) in [6.45, 7) is 8.35. The molecule has 1 aromatic carbocycles. The van der Waals surface area contributed by atoms with Gasteiger partial charge in [0, 0.05) is 13.6 Å². The number of nitrogens with zero attached hydrogens (tertiary/aromatic N) is 1. The van der Waals surface area contributed by atoms with Gasteiger partial charge in [0.15, 0.2) is 0 Å². The van der Waals surface area contributed by atoms with E-state index < -0.39 is 5.60 Å². The summed E-state index contributed by atoms with van der Waals surface area (Å²) in [5, 5.41) is 0. The van der Waals surface area contributed by atoms with Gasteiger partial charge in [0.1, 0.15) is 11.4 Å². The zero-order valence-corrected chi connectivity index (χ0v) is 13.6. The third-order valence-corrected chi connectivity index (χ3v) is 2.93. The van der Waals surface area contributed by atoms with E-state index in [0.717, 1.165) is 11.3 Å². The third kappa shape index (κ3) is 5.27. The Kier molecular flexibility index (Phi) is 6.03. The Bertz CT molecular complexity index is 469. The first-order valence-electron chi connectivity index (χ1n) is 7.17. The number of hydrogen-bond donors (Lipinski definition) is 1. The van der Waals surface area contributed by atoms with Crippen molar-refractivity contribution in [3.8, 4) is 5.75 Å². The standard InChI is InChI=1S/C16H26N2O3/c1-6-20-13-9-7-8-12(10-13)14(11-17)18(5)15(19)21-16(2,3)4/h7-10,14H,6,11,17H2,1-5H3. The smallest absolute Gasteiger partial charge is 0.410 e. The lowest BCUT2D eigenvalue weighted by molar-refractivity contribution is 0.0225. The van der Waals surface area contributed by atoms with Crippen LogP contribution in [0.3, 0.4) is 0 Å². The molecule has 118 valence electrons. The highest BCUT2D eigenvalue weighted by Gasteiger charge is 2.25. The molecule has 0 fully saturated rings. The number of rotatable bonds is 5. The van der Waals surface area contributed by atoms with Gasteiger partial charge >= 0.3 is 6.09 Å². The lowest BCUT2D eigenvalue weighted by Gasteiger charge is -2.30. The Morgan fingerprint density at radius 1 is 1.38 bits per heavy atom. The van der Waals surface area contributed by atoms with E-state index in [4.69, 9.17) is 15.2 Å². The number of benzene rings is 1. The largest absolute Gasteiger partial charge is 0.494 e. The molecule has 0 aliphatic carbocycles. The summed E-state index contributed by atoms with van der Waals surface area (Å²) < 4.78 is 10.9. The van der Waals surface area contributed by atoms with Crippen molar-refractivity contribution in [1.29, 1.82) is 0 Å². The number of ether oxygens (including phenoxy) is 2. The van der Waals surface area contributed by atoms with Gasteiger partial charge in [0.2, 0.25) is 0 Å². The maximum absolute atomic E-state index is 12.2. The third-order valence-electron chi connectivity index (χ3n) is 2.93. The summed E-state index contributed by atoms with van der Waals surface area (Å²) >= 11 is 0. The average molecular weight is 294 g/mol. The molecule has 5 nitrogen and oxygen atoms in total. The minimum Gasteiger partial charge on any atom is -0.494 e. The molecule has 0 saturated heterocycles. The fourth-order valence-electron chi connectivity index (χ4n) is 1.96. The van der Waals surface area contributed by atoms with Crippen molar-refractivity contribution >= 4 is 6.09 Å². The molecule has 21 heavy (non-hydrogen) atoms. The van der Waals surface area contributed by atoms with Gasteiger partial charge < -0.3 is 20.1 Å². The van der Waals surface area contributed by atoms with E-state index in [1.807, 2.05) is 52.0 Å². The van der Waals surface area contributed by atoms with Gasteiger partial charge in [-0.05, 0) is 45.4 Å². The van der Waals surface area contributed by atoms with Gasteiger partial charge in [-0.3, -0.25) is 0 Å². The molecule has 0 spiro atoms. The van der Waals surface area contributed by atoms with Crippen LogP contribution in [0.1, 0.15) is 39.3 Å². The van der Waals surface area contributed by atoms with Crippen molar-refractivity contribution in [2.24, 2.45) is 5.73 Å². The molecule has 0 bridgehead atoms. The summed E-state index contributed by atoms with van der Waals surface area (Å²) in [7, 11) is 1.69. The van der Waals surface area contributed by atoms with Crippen molar-refractivity contribution in [3.63, 3.8) is 0 Å². The molecule has 0 heterocycles. The molecule has 1 amide bonds. The number of carbonyl (C=O) groups excluding carboxylic acids is 1. The minimum atomic E-state index is -0.530. The number of carbonyl (C=O) groups is 1. The first-order chi connectivity index (χ1) is 9.78. The van der Waals surface area contributed by atoms with Crippen molar-refractivity contribution in [2.75, 3.05) is 20.2 Å². The Hall–Kier alpha value is -1.75. The monoisotopic (exact) mass is 294 g/mol. The molecule has 0 saturated carbocycles. The van der Waals surface area contributed by atoms with Crippen molar-refractivity contribution in [2.45, 2.75) is 39.3 Å². The first kappa shape index (κ1) is 17.3. The summed E-state index contributed by atoms with van der Waals surface area (Å²) in [4.78, 5) is 13.7. The van der Waals surface area contributed by atoms with Crippen LogP contribution in [-0.2, 0) is 4.74 Å². The molecule has 1 aromatic rings. The van der Waals surface area contributed by atoms with Gasteiger partial charge in [-0.25, -0.2) is 4.79 Å². The number of amides is 1. The highest BCUT2D eigenvalue weighted by Crippen LogP contribution is 2.24. The Balaban J connectivity index is 2.91. The Morgan fingerprint density at radius 3 is 2.57 bits per heavy atom. The van der Waals surface area contributed by atoms with E-state index in [1.165, 1.54) is 4.90 Å².